The number of anilines is 1. The van der Waals surface area contributed by atoms with Crippen LogP contribution in [0.25, 0.3) is 11.5 Å². The minimum absolute atomic E-state index is 0.107. The molecule has 0 fully saturated rings. The number of carbonyl (C=O) groups is 1. The lowest BCUT2D eigenvalue weighted by atomic mass is 10.1. The van der Waals surface area contributed by atoms with Crippen LogP contribution in [0, 0.1) is 5.82 Å². The number of rotatable bonds is 6. The number of amides is 1. The number of aromatic nitrogens is 4. The Balaban J connectivity index is 1.56. The van der Waals surface area contributed by atoms with Gasteiger partial charge in [0.1, 0.15) is 35.5 Å². The van der Waals surface area contributed by atoms with E-state index >= 15 is 0 Å². The number of nitrogens with zero attached hydrogens (tertiary/aromatic N) is 4. The third kappa shape index (κ3) is 3.88. The molecule has 156 valence electrons. The fourth-order valence-corrected chi connectivity index (χ4v) is 3.40. The smallest absolute Gasteiger partial charge is 0.259 e. The van der Waals surface area contributed by atoms with Gasteiger partial charge < -0.3 is 19.4 Å². The average molecular weight is 411 g/mol. The van der Waals surface area contributed by atoms with E-state index in [-0.39, 0.29) is 23.5 Å². The Kier molecular flexibility index (Phi) is 5.45. The van der Waals surface area contributed by atoms with Crippen molar-refractivity contribution < 1.29 is 18.7 Å². The average Bonchev–Trinajstić information content (AvgIpc) is 3.34. The fraction of sp³-hybridized carbons (Fsp3) is 0.333. The molecule has 0 radical (unpaired) electrons. The van der Waals surface area contributed by atoms with Gasteiger partial charge in [-0.1, -0.05) is 6.07 Å². The minimum Gasteiger partial charge on any atom is -0.487 e. The Bertz CT molecular complexity index is 1080. The van der Waals surface area contributed by atoms with Crippen molar-refractivity contribution in [2.45, 2.75) is 32.4 Å². The van der Waals surface area contributed by atoms with E-state index in [1.165, 1.54) is 12.1 Å². The number of nitrogens with one attached hydrogen (secondary N) is 1. The van der Waals surface area contributed by atoms with Crippen LogP contribution in [0.15, 0.2) is 36.7 Å². The van der Waals surface area contributed by atoms with Gasteiger partial charge in [0, 0.05) is 25.1 Å². The van der Waals surface area contributed by atoms with Gasteiger partial charge in [-0.3, -0.25) is 4.79 Å². The molecule has 1 atom stereocenters. The normalized spacial score (nSPS) is 15.2. The summed E-state index contributed by atoms with van der Waals surface area (Å²) >= 11 is 0. The van der Waals surface area contributed by atoms with Crippen LogP contribution in [0.2, 0.25) is 0 Å². The maximum absolute atomic E-state index is 14.6. The number of fused-ring (bicyclic) bond motifs is 1. The highest BCUT2D eigenvalue weighted by Gasteiger charge is 2.26. The molecule has 0 spiro atoms. The first-order chi connectivity index (χ1) is 14.5. The summed E-state index contributed by atoms with van der Waals surface area (Å²) in [5, 5.41) is 10.7. The number of carbonyl (C=O) groups excluding carboxylic acids is 1. The van der Waals surface area contributed by atoms with Crippen molar-refractivity contribution in [3.8, 4) is 17.3 Å². The van der Waals surface area contributed by atoms with Crippen LogP contribution < -0.4 is 10.1 Å². The van der Waals surface area contributed by atoms with Crippen LogP contribution in [0.4, 0.5) is 10.2 Å². The maximum Gasteiger partial charge on any atom is 0.259 e. The summed E-state index contributed by atoms with van der Waals surface area (Å²) in [6, 6.07) is 8.07. The summed E-state index contributed by atoms with van der Waals surface area (Å²) in [6.07, 6.45) is 1.99. The molecular formula is C21H22FN5O3. The Morgan fingerprint density at radius 2 is 2.23 bits per heavy atom. The molecule has 30 heavy (non-hydrogen) atoms. The third-order valence-electron chi connectivity index (χ3n) is 4.84. The van der Waals surface area contributed by atoms with E-state index in [0.29, 0.717) is 30.3 Å². The Labute approximate surface area is 173 Å². The first-order valence-corrected chi connectivity index (χ1v) is 9.62. The molecule has 3 aromatic rings. The molecule has 3 heterocycles. The zero-order chi connectivity index (χ0) is 21.3. The van der Waals surface area contributed by atoms with Crippen LogP contribution >= 0.6 is 0 Å². The molecule has 4 rings (SSSR count). The van der Waals surface area contributed by atoms with E-state index in [2.05, 4.69) is 20.5 Å². The van der Waals surface area contributed by atoms with Gasteiger partial charge in [-0.25, -0.2) is 9.37 Å². The predicted octanol–water partition coefficient (Wildman–Crippen LogP) is 3.26. The molecule has 1 unspecified atom stereocenters. The number of ether oxygens (including phenoxy) is 2. The van der Waals surface area contributed by atoms with Crippen molar-refractivity contribution in [3.05, 3.63) is 53.6 Å². The van der Waals surface area contributed by atoms with E-state index in [1.807, 2.05) is 18.4 Å². The zero-order valence-corrected chi connectivity index (χ0v) is 16.9. The first-order valence-electron chi connectivity index (χ1n) is 9.62. The Morgan fingerprint density at radius 1 is 1.40 bits per heavy atom. The number of methoxy groups -OCH3 is 1. The SMILES string of the molecule is COCC1Cc2cc(F)c(C(=O)Nc3cccc(-c4nncn4C(C)C)n3)cc2O1. The second-order valence-electron chi connectivity index (χ2n) is 7.36. The van der Waals surface area contributed by atoms with Crippen molar-refractivity contribution in [2.75, 3.05) is 19.0 Å². The molecule has 0 bridgehead atoms. The maximum atomic E-state index is 14.6. The fourth-order valence-electron chi connectivity index (χ4n) is 3.40. The summed E-state index contributed by atoms with van der Waals surface area (Å²) < 4.78 is 27.3. The molecule has 8 nitrogen and oxygen atoms in total. The molecule has 0 saturated carbocycles. The van der Waals surface area contributed by atoms with Crippen molar-refractivity contribution in [2.24, 2.45) is 0 Å². The topological polar surface area (TPSA) is 91.2 Å². The highest BCUT2D eigenvalue weighted by Crippen LogP contribution is 2.32. The van der Waals surface area contributed by atoms with Crippen LogP contribution in [-0.4, -0.2) is 45.5 Å². The standard InChI is InChI=1S/C21H22FN5O3/c1-12(2)27-11-23-26-20(27)17-5-4-6-19(24-17)25-21(28)15-9-18-13(8-16(15)22)7-14(30-18)10-29-3/h4-6,8-9,11-12,14H,7,10H2,1-3H3,(H,24,25,28). The van der Waals surface area contributed by atoms with E-state index < -0.39 is 11.7 Å². The second-order valence-corrected chi connectivity index (χ2v) is 7.36. The lowest BCUT2D eigenvalue weighted by molar-refractivity contribution is 0.0948. The Hall–Kier alpha value is -3.33. The molecule has 9 heteroatoms. The van der Waals surface area contributed by atoms with E-state index in [9.17, 15) is 9.18 Å². The molecule has 0 saturated heterocycles. The minimum atomic E-state index is -0.608. The number of hydrogen-bond donors (Lipinski definition) is 1. The van der Waals surface area contributed by atoms with Gasteiger partial charge >= 0.3 is 0 Å². The molecule has 1 aliphatic heterocycles. The van der Waals surface area contributed by atoms with Gasteiger partial charge in [-0.05, 0) is 38.1 Å². The Morgan fingerprint density at radius 3 is 3.00 bits per heavy atom. The largest absolute Gasteiger partial charge is 0.487 e. The van der Waals surface area contributed by atoms with Crippen molar-refractivity contribution in [3.63, 3.8) is 0 Å². The van der Waals surface area contributed by atoms with Gasteiger partial charge in [0.15, 0.2) is 5.82 Å². The van der Waals surface area contributed by atoms with Crippen LogP contribution in [0.1, 0.15) is 35.8 Å². The summed E-state index contributed by atoms with van der Waals surface area (Å²) in [5.74, 6) is 0.152. The van der Waals surface area contributed by atoms with Crippen LogP contribution in [0.3, 0.4) is 0 Å². The van der Waals surface area contributed by atoms with E-state index in [4.69, 9.17) is 9.47 Å². The summed E-state index contributed by atoms with van der Waals surface area (Å²) in [6.45, 7) is 4.41. The highest BCUT2D eigenvalue weighted by molar-refractivity contribution is 6.04. The highest BCUT2D eigenvalue weighted by atomic mass is 19.1. The predicted molar refractivity (Wildman–Crippen MR) is 108 cm³/mol. The quantitative estimate of drug-likeness (QED) is 0.670. The van der Waals surface area contributed by atoms with Gasteiger partial charge in [-0.2, -0.15) is 0 Å². The molecule has 1 amide bonds. The first kappa shape index (κ1) is 20.0. The monoisotopic (exact) mass is 411 g/mol. The van der Waals surface area contributed by atoms with Crippen molar-refractivity contribution in [1.29, 1.82) is 0 Å². The van der Waals surface area contributed by atoms with Crippen LogP contribution in [0.5, 0.6) is 5.75 Å². The van der Waals surface area contributed by atoms with Gasteiger partial charge in [0.05, 0.1) is 12.2 Å². The number of hydrogen-bond acceptors (Lipinski definition) is 6. The van der Waals surface area contributed by atoms with E-state index in [1.54, 1.807) is 31.6 Å². The van der Waals surface area contributed by atoms with Crippen molar-refractivity contribution in [1.82, 2.24) is 19.7 Å². The van der Waals surface area contributed by atoms with Crippen LogP contribution in [-0.2, 0) is 11.2 Å². The van der Waals surface area contributed by atoms with E-state index in [0.717, 1.165) is 5.56 Å². The molecular weight excluding hydrogens is 389 g/mol. The summed E-state index contributed by atoms with van der Waals surface area (Å²) in [5.41, 5.74) is 1.17. The zero-order valence-electron chi connectivity index (χ0n) is 16.9. The lowest BCUT2D eigenvalue weighted by Crippen LogP contribution is -2.19. The molecule has 1 N–H and O–H groups in total. The number of pyridine rings is 1. The lowest BCUT2D eigenvalue weighted by Gasteiger charge is -2.11. The molecule has 2 aromatic heterocycles. The van der Waals surface area contributed by atoms with Gasteiger partial charge in [0.25, 0.3) is 5.91 Å². The molecule has 0 aliphatic carbocycles. The number of halogens is 1. The van der Waals surface area contributed by atoms with Crippen molar-refractivity contribution >= 4 is 11.7 Å². The molecule has 1 aromatic carbocycles. The third-order valence-corrected chi connectivity index (χ3v) is 4.84. The number of benzene rings is 1. The summed E-state index contributed by atoms with van der Waals surface area (Å²) in [4.78, 5) is 17.1. The van der Waals surface area contributed by atoms with Gasteiger partial charge in [-0.15, -0.1) is 10.2 Å². The van der Waals surface area contributed by atoms with Gasteiger partial charge in [0.2, 0.25) is 0 Å². The summed E-state index contributed by atoms with van der Waals surface area (Å²) in [7, 11) is 1.58. The second kappa shape index (κ2) is 8.19. The molecule has 1 aliphatic rings.